The van der Waals surface area contributed by atoms with Crippen LogP contribution in [-0.2, 0) is 12.8 Å². The zero-order valence-corrected chi connectivity index (χ0v) is 12.8. The molecule has 0 spiro atoms. The van der Waals surface area contributed by atoms with Gasteiger partial charge in [0, 0.05) is 25.4 Å². The van der Waals surface area contributed by atoms with Gasteiger partial charge in [0.1, 0.15) is 10.0 Å². The molecule has 1 N–H and O–H groups in total. The highest BCUT2D eigenvalue weighted by atomic mass is 32.1. The Morgan fingerprint density at radius 2 is 1.94 bits per heavy atom. The van der Waals surface area contributed by atoms with Gasteiger partial charge < -0.3 is 5.32 Å². The summed E-state index contributed by atoms with van der Waals surface area (Å²) in [6.07, 6.45) is 4.78. The summed E-state index contributed by atoms with van der Waals surface area (Å²) in [6.45, 7) is 10.2. The van der Waals surface area contributed by atoms with Gasteiger partial charge in [-0.15, -0.1) is 21.5 Å². The number of rotatable bonds is 6. The average molecular weight is 267 g/mol. The molecule has 1 atom stereocenters. The van der Waals surface area contributed by atoms with Crippen LogP contribution in [-0.4, -0.2) is 22.8 Å². The van der Waals surface area contributed by atoms with Crippen LogP contribution in [0.1, 0.15) is 50.6 Å². The minimum atomic E-state index is 0.347. The van der Waals surface area contributed by atoms with Crippen molar-refractivity contribution >= 4 is 11.3 Å². The van der Waals surface area contributed by atoms with E-state index in [0.29, 0.717) is 11.3 Å². The van der Waals surface area contributed by atoms with Crippen molar-refractivity contribution in [2.75, 3.05) is 6.54 Å². The Hall–Kier alpha value is -0.480. The normalized spacial score (nSPS) is 18.0. The van der Waals surface area contributed by atoms with Gasteiger partial charge in [0.2, 0.25) is 0 Å². The lowest BCUT2D eigenvalue weighted by Gasteiger charge is -2.26. The fourth-order valence-corrected chi connectivity index (χ4v) is 2.68. The summed E-state index contributed by atoms with van der Waals surface area (Å²) in [4.78, 5) is 0. The average Bonchev–Trinajstić information content (AvgIpc) is 2.98. The molecule has 0 aromatic carbocycles. The highest BCUT2D eigenvalue weighted by Crippen LogP contribution is 2.29. The molecule has 1 aliphatic carbocycles. The van der Waals surface area contributed by atoms with Crippen molar-refractivity contribution in [3.05, 3.63) is 10.0 Å². The van der Waals surface area contributed by atoms with Gasteiger partial charge in [0.25, 0.3) is 0 Å². The van der Waals surface area contributed by atoms with Gasteiger partial charge >= 0.3 is 0 Å². The highest BCUT2D eigenvalue weighted by Gasteiger charge is 2.22. The van der Waals surface area contributed by atoms with Crippen molar-refractivity contribution in [3.8, 4) is 0 Å². The minimum Gasteiger partial charge on any atom is -0.314 e. The van der Waals surface area contributed by atoms with Crippen LogP contribution in [0.25, 0.3) is 0 Å². The van der Waals surface area contributed by atoms with Gasteiger partial charge in [0.05, 0.1) is 0 Å². The standard InChI is InChI=1S/C14H25N3S/c1-10(14(2,3)4)9-13-17-16-12(18-13)7-8-15-11-5-6-11/h10-11,15H,5-9H2,1-4H3. The second-order valence-electron chi connectivity index (χ2n) is 6.54. The van der Waals surface area contributed by atoms with Crippen molar-refractivity contribution in [1.29, 1.82) is 0 Å². The summed E-state index contributed by atoms with van der Waals surface area (Å²) in [5, 5.41) is 14.5. The second-order valence-corrected chi connectivity index (χ2v) is 7.69. The molecule has 102 valence electrons. The molecule has 1 saturated carbocycles. The van der Waals surface area contributed by atoms with Crippen molar-refractivity contribution in [2.45, 2.75) is 59.4 Å². The summed E-state index contributed by atoms with van der Waals surface area (Å²) in [5.74, 6) is 0.642. The van der Waals surface area contributed by atoms with Gasteiger partial charge in [-0.25, -0.2) is 0 Å². The summed E-state index contributed by atoms with van der Waals surface area (Å²) in [6, 6.07) is 0.790. The predicted molar refractivity (Wildman–Crippen MR) is 77.0 cm³/mol. The molecule has 1 aromatic rings. The van der Waals surface area contributed by atoms with Gasteiger partial charge in [-0.2, -0.15) is 0 Å². The molecule has 0 saturated heterocycles. The monoisotopic (exact) mass is 267 g/mol. The first-order valence-electron chi connectivity index (χ1n) is 7.00. The number of hydrogen-bond donors (Lipinski definition) is 1. The van der Waals surface area contributed by atoms with E-state index in [2.05, 4.69) is 43.2 Å². The van der Waals surface area contributed by atoms with E-state index >= 15 is 0 Å². The van der Waals surface area contributed by atoms with Gasteiger partial charge in [-0.05, 0) is 24.2 Å². The van der Waals surface area contributed by atoms with Gasteiger partial charge in [0.15, 0.2) is 0 Å². The lowest BCUT2D eigenvalue weighted by Crippen LogP contribution is -2.19. The molecule has 0 amide bonds. The first-order chi connectivity index (χ1) is 8.45. The third-order valence-corrected chi connectivity index (χ3v) is 4.82. The summed E-state index contributed by atoms with van der Waals surface area (Å²) in [7, 11) is 0. The summed E-state index contributed by atoms with van der Waals surface area (Å²) in [5.41, 5.74) is 0.347. The van der Waals surface area contributed by atoms with Crippen LogP contribution in [0.2, 0.25) is 0 Å². The molecule has 3 nitrogen and oxygen atoms in total. The summed E-state index contributed by atoms with van der Waals surface area (Å²) >= 11 is 1.79. The number of nitrogens with one attached hydrogen (secondary N) is 1. The van der Waals surface area contributed by atoms with E-state index in [0.717, 1.165) is 25.4 Å². The van der Waals surface area contributed by atoms with E-state index in [1.165, 1.54) is 22.9 Å². The van der Waals surface area contributed by atoms with E-state index in [1.54, 1.807) is 11.3 Å². The third-order valence-electron chi connectivity index (χ3n) is 3.82. The van der Waals surface area contributed by atoms with E-state index in [4.69, 9.17) is 0 Å². The Labute approximate surface area is 114 Å². The van der Waals surface area contributed by atoms with Crippen molar-refractivity contribution in [3.63, 3.8) is 0 Å². The van der Waals surface area contributed by atoms with Crippen LogP contribution in [0.15, 0.2) is 0 Å². The second kappa shape index (κ2) is 5.66. The SMILES string of the molecule is CC(Cc1nnc(CCNC2CC2)s1)C(C)(C)C. The quantitative estimate of drug-likeness (QED) is 0.861. The van der Waals surface area contributed by atoms with Crippen LogP contribution in [0, 0.1) is 11.3 Å². The molecule has 1 heterocycles. The molecule has 1 unspecified atom stereocenters. The van der Waals surface area contributed by atoms with Crippen LogP contribution < -0.4 is 5.32 Å². The largest absolute Gasteiger partial charge is 0.314 e. The maximum atomic E-state index is 4.32. The van der Waals surface area contributed by atoms with Crippen molar-refractivity contribution in [2.24, 2.45) is 11.3 Å². The topological polar surface area (TPSA) is 37.8 Å². The summed E-state index contributed by atoms with van der Waals surface area (Å²) < 4.78 is 0. The first kappa shape index (κ1) is 13.9. The van der Waals surface area contributed by atoms with Crippen LogP contribution in [0.5, 0.6) is 0 Å². The minimum absolute atomic E-state index is 0.347. The van der Waals surface area contributed by atoms with E-state index < -0.39 is 0 Å². The van der Waals surface area contributed by atoms with E-state index in [-0.39, 0.29) is 0 Å². The molecule has 0 aliphatic heterocycles. The Bertz CT molecular complexity index is 377. The number of aromatic nitrogens is 2. The maximum Gasteiger partial charge on any atom is 0.118 e. The Balaban J connectivity index is 1.77. The zero-order chi connectivity index (χ0) is 13.2. The highest BCUT2D eigenvalue weighted by molar-refractivity contribution is 7.11. The lowest BCUT2D eigenvalue weighted by atomic mass is 9.80. The van der Waals surface area contributed by atoms with Crippen LogP contribution in [0.4, 0.5) is 0 Å². The predicted octanol–water partition coefficient (Wildman–Crippen LogP) is 3.06. The fourth-order valence-electron chi connectivity index (χ4n) is 1.71. The van der Waals surface area contributed by atoms with E-state index in [9.17, 15) is 0 Å². The maximum absolute atomic E-state index is 4.32. The Morgan fingerprint density at radius 3 is 2.56 bits per heavy atom. The number of nitrogens with zero attached hydrogens (tertiary/aromatic N) is 2. The van der Waals surface area contributed by atoms with E-state index in [1.807, 2.05) is 0 Å². The molecular formula is C14H25N3S. The van der Waals surface area contributed by atoms with Gasteiger partial charge in [-0.1, -0.05) is 27.7 Å². The molecule has 2 rings (SSSR count). The molecule has 1 aromatic heterocycles. The lowest BCUT2D eigenvalue weighted by molar-refractivity contribution is 0.259. The molecule has 1 aliphatic rings. The molecule has 18 heavy (non-hydrogen) atoms. The van der Waals surface area contributed by atoms with Gasteiger partial charge in [-0.3, -0.25) is 0 Å². The van der Waals surface area contributed by atoms with Crippen LogP contribution in [0.3, 0.4) is 0 Å². The fraction of sp³-hybridized carbons (Fsp3) is 0.857. The first-order valence-corrected chi connectivity index (χ1v) is 7.81. The third kappa shape index (κ3) is 4.32. The van der Waals surface area contributed by atoms with Crippen LogP contribution >= 0.6 is 11.3 Å². The Kier molecular flexibility index (Phi) is 4.38. The van der Waals surface area contributed by atoms with Crippen molar-refractivity contribution in [1.82, 2.24) is 15.5 Å². The molecule has 4 heteroatoms. The molecule has 0 radical (unpaired) electrons. The number of hydrogen-bond acceptors (Lipinski definition) is 4. The molecule has 0 bridgehead atoms. The van der Waals surface area contributed by atoms with Crippen molar-refractivity contribution < 1.29 is 0 Å². The zero-order valence-electron chi connectivity index (χ0n) is 12.0. The molecule has 1 fully saturated rings. The smallest absolute Gasteiger partial charge is 0.118 e. The Morgan fingerprint density at radius 1 is 1.28 bits per heavy atom. The molecular weight excluding hydrogens is 242 g/mol.